The zero-order valence-electron chi connectivity index (χ0n) is 39.2. The largest absolute Gasteiger partial charge is 0.472 e. The number of aliphatic hydroxyl groups is 5. The molecule has 66 heavy (non-hydrogen) atoms. The number of phosphoric ester groups is 2. The second-order valence-electron chi connectivity index (χ2n) is 16.7. The van der Waals surface area contributed by atoms with Crippen LogP contribution in [0.3, 0.4) is 0 Å². The van der Waals surface area contributed by atoms with Gasteiger partial charge in [0, 0.05) is 12.8 Å². The molecule has 1 aliphatic rings. The van der Waals surface area contributed by atoms with Crippen molar-refractivity contribution in [3.63, 3.8) is 0 Å². The molecule has 19 heteroatoms. The van der Waals surface area contributed by atoms with E-state index in [1.807, 2.05) is 42.5 Å². The third kappa shape index (κ3) is 31.7. The monoisotopic (exact) mass is 981 g/mol. The van der Waals surface area contributed by atoms with Crippen LogP contribution in [0, 0.1) is 0 Å². The van der Waals surface area contributed by atoms with Crippen molar-refractivity contribution in [2.45, 2.75) is 210 Å². The van der Waals surface area contributed by atoms with Crippen LogP contribution in [0.15, 0.2) is 60.8 Å². The van der Waals surface area contributed by atoms with E-state index in [0.717, 1.165) is 83.5 Å². The first-order chi connectivity index (χ1) is 31.5. The van der Waals surface area contributed by atoms with Gasteiger partial charge >= 0.3 is 27.6 Å². The van der Waals surface area contributed by atoms with Crippen LogP contribution in [-0.2, 0) is 41.8 Å². The van der Waals surface area contributed by atoms with Crippen LogP contribution in [0.25, 0.3) is 0 Å². The van der Waals surface area contributed by atoms with Crippen molar-refractivity contribution in [2.75, 3.05) is 13.2 Å². The molecule has 9 atom stereocenters. The molecule has 1 rings (SSSR count). The number of hydrogen-bond acceptors (Lipinski definition) is 14. The van der Waals surface area contributed by atoms with Crippen molar-refractivity contribution in [3.8, 4) is 0 Å². The van der Waals surface area contributed by atoms with E-state index in [0.29, 0.717) is 25.7 Å². The molecule has 1 fully saturated rings. The van der Waals surface area contributed by atoms with Gasteiger partial charge in [-0.15, -0.1) is 0 Å². The van der Waals surface area contributed by atoms with Crippen LogP contribution >= 0.6 is 15.6 Å². The average Bonchev–Trinajstić information content (AvgIpc) is 3.26. The van der Waals surface area contributed by atoms with Crippen LogP contribution < -0.4 is 0 Å². The Hall–Kier alpha value is -2.34. The molecule has 0 aliphatic heterocycles. The summed E-state index contributed by atoms with van der Waals surface area (Å²) in [6.45, 7) is 2.92. The fourth-order valence-corrected chi connectivity index (χ4v) is 8.43. The van der Waals surface area contributed by atoms with E-state index in [1.165, 1.54) is 25.7 Å². The average molecular weight is 981 g/mol. The summed E-state index contributed by atoms with van der Waals surface area (Å²) in [4.78, 5) is 54.3. The van der Waals surface area contributed by atoms with Crippen molar-refractivity contribution in [1.82, 2.24) is 0 Å². The second-order valence-corrected chi connectivity index (χ2v) is 19.3. The van der Waals surface area contributed by atoms with Crippen molar-refractivity contribution in [2.24, 2.45) is 0 Å². The molecule has 0 radical (unpaired) electrons. The molecule has 0 aromatic rings. The number of rotatable bonds is 39. The first-order valence-corrected chi connectivity index (χ1v) is 27.0. The lowest BCUT2D eigenvalue weighted by atomic mass is 9.85. The number of allylic oxidation sites excluding steroid dienone is 9. The van der Waals surface area contributed by atoms with Gasteiger partial charge in [-0.2, -0.15) is 0 Å². The molecule has 0 aromatic carbocycles. The molecule has 1 saturated carbocycles. The van der Waals surface area contributed by atoms with Gasteiger partial charge in [0.15, 0.2) is 6.10 Å². The molecule has 0 amide bonds. The Balaban J connectivity index is 2.66. The Bertz CT molecular complexity index is 1530. The summed E-state index contributed by atoms with van der Waals surface area (Å²) in [6.07, 6.45) is 25.0. The first-order valence-electron chi connectivity index (χ1n) is 23.9. The van der Waals surface area contributed by atoms with Gasteiger partial charge in [0.1, 0.15) is 43.2 Å². The van der Waals surface area contributed by atoms with E-state index in [2.05, 4.69) is 30.5 Å². The lowest BCUT2D eigenvalue weighted by molar-refractivity contribution is -0.216. The summed E-state index contributed by atoms with van der Waals surface area (Å²) in [5.41, 5.74) is 0. The van der Waals surface area contributed by atoms with Gasteiger partial charge in [-0.1, -0.05) is 145 Å². The van der Waals surface area contributed by atoms with E-state index >= 15 is 0 Å². The highest BCUT2D eigenvalue weighted by atomic mass is 31.2. The molecule has 0 bridgehead atoms. The maximum atomic E-state index is 13.0. The van der Waals surface area contributed by atoms with Gasteiger partial charge in [0.2, 0.25) is 0 Å². The summed E-state index contributed by atoms with van der Waals surface area (Å²) in [7, 11) is -10.7. The van der Waals surface area contributed by atoms with Crippen LogP contribution in [0.5, 0.6) is 0 Å². The number of unbranched alkanes of at least 4 members (excludes halogenated alkanes) is 14. The molecule has 0 heterocycles. The zero-order chi connectivity index (χ0) is 49.1. The van der Waals surface area contributed by atoms with Crippen molar-refractivity contribution in [1.29, 1.82) is 0 Å². The molecule has 0 saturated heterocycles. The van der Waals surface area contributed by atoms with Crippen LogP contribution in [0.2, 0.25) is 0 Å². The predicted octanol–water partition coefficient (Wildman–Crippen LogP) is 8.03. The summed E-state index contributed by atoms with van der Waals surface area (Å²) < 4.78 is 49.3. The highest BCUT2D eigenvalue weighted by Gasteiger charge is 2.54. The number of esters is 2. The molecular formula is C47H82O17P2. The third-order valence-corrected chi connectivity index (χ3v) is 12.2. The summed E-state index contributed by atoms with van der Waals surface area (Å²) in [6, 6.07) is 0. The van der Waals surface area contributed by atoms with E-state index < -0.39 is 89.6 Å². The lowest BCUT2D eigenvalue weighted by Gasteiger charge is -2.43. The lowest BCUT2D eigenvalue weighted by Crippen LogP contribution is -2.64. The molecule has 8 N–H and O–H groups in total. The molecule has 0 spiro atoms. The Morgan fingerprint density at radius 2 is 1.08 bits per heavy atom. The van der Waals surface area contributed by atoms with E-state index in [1.54, 1.807) is 6.08 Å². The zero-order valence-corrected chi connectivity index (χ0v) is 41.0. The van der Waals surface area contributed by atoms with E-state index in [9.17, 15) is 58.9 Å². The summed E-state index contributed by atoms with van der Waals surface area (Å²) in [5.74, 6) is -1.31. The Labute approximate surface area is 392 Å². The van der Waals surface area contributed by atoms with E-state index in [-0.39, 0.29) is 12.8 Å². The molecule has 17 nitrogen and oxygen atoms in total. The standard InChI is InChI=1S/C47H82O17P2/c1-3-5-7-8-9-10-11-12-13-14-17-20-23-26-30-34-40(49)60-36-39(37-61-66(58,59)64-47-44(53)42(51)43(52)46(45(47)54)63-65(55,56)57)62-41(50)35-31-27-24-21-18-15-16-19-22-25-29-33-38(48)32-28-6-4-2/h10-11,15-16,21-22,24-25,29,33,38-39,42-48,51-54H,3-9,12-14,17-20,23,26-28,30-32,34-37H2,1-2H3,(H,58,59)(H2,55,56,57)/b11-10-,16-15-,24-21-,25-22-,33-29+/t38-,39+,42?,43?,44?,45?,46+,47-/m0/s1. The maximum Gasteiger partial charge on any atom is 0.472 e. The summed E-state index contributed by atoms with van der Waals surface area (Å²) in [5, 5.41) is 51.1. The third-order valence-electron chi connectivity index (χ3n) is 10.7. The quantitative estimate of drug-likeness (QED) is 0.00951. The minimum absolute atomic E-state index is 0.0546. The molecule has 0 aromatic heterocycles. The van der Waals surface area contributed by atoms with Crippen LogP contribution in [-0.4, -0.2) is 114 Å². The highest BCUT2D eigenvalue weighted by Crippen LogP contribution is 2.49. The summed E-state index contributed by atoms with van der Waals surface area (Å²) >= 11 is 0. The Morgan fingerprint density at radius 3 is 1.71 bits per heavy atom. The molecule has 5 unspecified atom stereocenters. The Kier molecular flexibility index (Phi) is 35.1. The number of hydrogen-bond donors (Lipinski definition) is 8. The van der Waals surface area contributed by atoms with Crippen molar-refractivity contribution < 1.29 is 82.0 Å². The molecule has 1 aliphatic carbocycles. The first kappa shape index (κ1) is 61.7. The van der Waals surface area contributed by atoms with E-state index in [4.69, 9.17) is 18.5 Å². The Morgan fingerprint density at radius 1 is 0.561 bits per heavy atom. The van der Waals surface area contributed by atoms with Gasteiger partial charge in [-0.3, -0.25) is 23.2 Å². The van der Waals surface area contributed by atoms with Gasteiger partial charge in [-0.25, -0.2) is 9.13 Å². The number of ether oxygens (including phenoxy) is 2. The van der Waals surface area contributed by atoms with Gasteiger partial charge < -0.3 is 49.7 Å². The number of phosphoric acid groups is 2. The van der Waals surface area contributed by atoms with Crippen LogP contribution in [0.1, 0.15) is 162 Å². The smallest absolute Gasteiger partial charge is 0.462 e. The van der Waals surface area contributed by atoms with Crippen molar-refractivity contribution in [3.05, 3.63) is 60.8 Å². The topological polar surface area (TPSA) is 276 Å². The fraction of sp³-hybridized carbons (Fsp3) is 0.745. The molecule has 382 valence electrons. The number of carbonyl (C=O) groups excluding carboxylic acids is 2. The highest BCUT2D eigenvalue weighted by molar-refractivity contribution is 7.47. The van der Waals surface area contributed by atoms with Crippen molar-refractivity contribution >= 4 is 27.6 Å². The molecular weight excluding hydrogens is 898 g/mol. The minimum atomic E-state index is -5.38. The minimum Gasteiger partial charge on any atom is -0.462 e. The van der Waals surface area contributed by atoms with Crippen LogP contribution in [0.4, 0.5) is 0 Å². The normalized spacial score (nSPS) is 22.5. The predicted molar refractivity (Wildman–Crippen MR) is 252 cm³/mol. The van der Waals surface area contributed by atoms with Gasteiger partial charge in [0.05, 0.1) is 12.7 Å². The van der Waals surface area contributed by atoms with Gasteiger partial charge in [0.25, 0.3) is 0 Å². The van der Waals surface area contributed by atoms with Gasteiger partial charge in [-0.05, 0) is 64.2 Å². The number of aliphatic hydroxyl groups excluding tert-OH is 5. The second kappa shape index (κ2) is 37.5. The SMILES string of the molecule is CCCCCC/C=C\CCCCCCCCCC(=O)OC[C@H](COP(=O)(O)O[C@H]1C(O)C(O)C(O)[C@@H](OP(=O)(O)O)C1O)OC(=O)CCC/C=C\C/C=C\C/C=C\C=C\[C@@H](O)CCCCC. The fourth-order valence-electron chi connectivity index (χ4n) is 6.89. The number of carbonyl (C=O) groups is 2. The maximum absolute atomic E-state index is 13.0.